The normalized spacial score (nSPS) is 22.3. The number of pyridine rings is 2. The molecule has 4 rings (SSSR count). The average Bonchev–Trinajstić information content (AvgIpc) is 2.80. The van der Waals surface area contributed by atoms with Crippen LogP contribution in [0.25, 0.3) is 11.3 Å². The highest BCUT2D eigenvalue weighted by molar-refractivity contribution is 6.33. The molecule has 0 aromatic carbocycles. The zero-order chi connectivity index (χ0) is 21.6. The third-order valence-corrected chi connectivity index (χ3v) is 6.64. The zero-order valence-corrected chi connectivity index (χ0v) is 18.5. The van der Waals surface area contributed by atoms with Crippen molar-refractivity contribution in [2.24, 2.45) is 17.6 Å². The van der Waals surface area contributed by atoms with E-state index in [2.05, 4.69) is 20.6 Å². The minimum Gasteiger partial charge on any atom is -0.381 e. The van der Waals surface area contributed by atoms with Crippen LogP contribution < -0.4 is 16.4 Å². The number of ether oxygens (including phenoxy) is 1. The number of nitrogens with one attached hydrogen (secondary N) is 2. The molecule has 3 heterocycles. The van der Waals surface area contributed by atoms with E-state index in [0.29, 0.717) is 45.8 Å². The smallest absolute Gasteiger partial charge is 0.151 e. The van der Waals surface area contributed by atoms with Crippen LogP contribution in [-0.2, 0) is 4.74 Å². The summed E-state index contributed by atoms with van der Waals surface area (Å²) >= 11 is 6.39. The Morgan fingerprint density at radius 3 is 2.42 bits per heavy atom. The SMILES string of the molecule is NC1CCC(CNc2cc(-c3nc(NCC4CCOCC4)ccc3Cl)c(F)cn2)CC1. The Balaban J connectivity index is 1.44. The summed E-state index contributed by atoms with van der Waals surface area (Å²) in [5, 5.41) is 7.13. The molecule has 1 saturated heterocycles. The van der Waals surface area contributed by atoms with E-state index >= 15 is 0 Å². The van der Waals surface area contributed by atoms with Gasteiger partial charge in [-0.25, -0.2) is 14.4 Å². The lowest BCUT2D eigenvalue weighted by molar-refractivity contribution is 0.0699. The lowest BCUT2D eigenvalue weighted by Crippen LogP contribution is -2.29. The molecule has 0 bridgehead atoms. The van der Waals surface area contributed by atoms with E-state index in [9.17, 15) is 4.39 Å². The number of halogens is 2. The molecule has 0 amide bonds. The van der Waals surface area contributed by atoms with Crippen molar-refractivity contribution in [3.8, 4) is 11.3 Å². The second kappa shape index (κ2) is 10.6. The van der Waals surface area contributed by atoms with E-state index < -0.39 is 5.82 Å². The molecule has 8 heteroatoms. The summed E-state index contributed by atoms with van der Waals surface area (Å²) in [5.41, 5.74) is 6.76. The molecule has 0 unspecified atom stereocenters. The van der Waals surface area contributed by atoms with Crippen molar-refractivity contribution in [1.29, 1.82) is 0 Å². The Bertz CT molecular complexity index is 869. The highest BCUT2D eigenvalue weighted by Gasteiger charge is 2.19. The second-order valence-corrected chi connectivity index (χ2v) is 9.08. The third kappa shape index (κ3) is 6.05. The Hall–Kier alpha value is -1.96. The molecule has 0 atom stereocenters. The van der Waals surface area contributed by atoms with Crippen LogP contribution in [-0.4, -0.2) is 42.3 Å². The van der Waals surface area contributed by atoms with Gasteiger partial charge in [0.05, 0.1) is 16.9 Å². The molecule has 2 aliphatic rings. The molecule has 2 fully saturated rings. The van der Waals surface area contributed by atoms with Gasteiger partial charge in [-0.2, -0.15) is 0 Å². The lowest BCUT2D eigenvalue weighted by Gasteiger charge is -2.26. The Labute approximate surface area is 188 Å². The van der Waals surface area contributed by atoms with E-state index in [1.807, 2.05) is 6.07 Å². The zero-order valence-electron chi connectivity index (χ0n) is 17.7. The van der Waals surface area contributed by atoms with Crippen LogP contribution in [0.15, 0.2) is 24.4 Å². The molecule has 6 nitrogen and oxygen atoms in total. The Morgan fingerprint density at radius 1 is 1.00 bits per heavy atom. The highest BCUT2D eigenvalue weighted by Crippen LogP contribution is 2.31. The fraction of sp³-hybridized carbons (Fsp3) is 0.565. The predicted molar refractivity (Wildman–Crippen MR) is 123 cm³/mol. The van der Waals surface area contributed by atoms with Gasteiger partial charge < -0.3 is 21.1 Å². The Morgan fingerprint density at radius 2 is 1.68 bits per heavy atom. The lowest BCUT2D eigenvalue weighted by atomic mass is 9.86. The molecule has 0 spiro atoms. The summed E-state index contributed by atoms with van der Waals surface area (Å²) in [6.07, 6.45) is 7.63. The summed E-state index contributed by atoms with van der Waals surface area (Å²) in [6, 6.07) is 5.61. The minimum atomic E-state index is -0.440. The van der Waals surface area contributed by atoms with E-state index in [1.54, 1.807) is 12.1 Å². The van der Waals surface area contributed by atoms with E-state index in [-0.39, 0.29) is 0 Å². The molecular weight excluding hydrogens is 417 g/mol. The molecule has 2 aromatic rings. The van der Waals surface area contributed by atoms with Crippen molar-refractivity contribution in [3.63, 3.8) is 0 Å². The monoisotopic (exact) mass is 447 g/mol. The van der Waals surface area contributed by atoms with Gasteiger partial charge in [-0.15, -0.1) is 0 Å². The van der Waals surface area contributed by atoms with Crippen molar-refractivity contribution < 1.29 is 9.13 Å². The van der Waals surface area contributed by atoms with Crippen LogP contribution in [0.2, 0.25) is 5.02 Å². The van der Waals surface area contributed by atoms with Crippen LogP contribution in [0.4, 0.5) is 16.0 Å². The predicted octanol–water partition coefficient (Wildman–Crippen LogP) is 4.70. The van der Waals surface area contributed by atoms with Crippen molar-refractivity contribution in [2.45, 2.75) is 44.6 Å². The van der Waals surface area contributed by atoms with Gasteiger partial charge in [-0.3, -0.25) is 0 Å². The van der Waals surface area contributed by atoms with E-state index in [4.69, 9.17) is 22.1 Å². The molecule has 4 N–H and O–H groups in total. The topological polar surface area (TPSA) is 85.1 Å². The quantitative estimate of drug-likeness (QED) is 0.570. The van der Waals surface area contributed by atoms with Crippen LogP contribution >= 0.6 is 11.6 Å². The first-order valence-electron chi connectivity index (χ1n) is 11.2. The van der Waals surface area contributed by atoms with E-state index in [0.717, 1.165) is 64.8 Å². The Kier molecular flexibility index (Phi) is 7.58. The minimum absolute atomic E-state index is 0.326. The molecule has 1 aliphatic carbocycles. The number of rotatable bonds is 7. The summed E-state index contributed by atoms with van der Waals surface area (Å²) in [6.45, 7) is 3.22. The number of nitrogens with zero attached hydrogens (tertiary/aromatic N) is 2. The van der Waals surface area contributed by atoms with Crippen LogP contribution in [0, 0.1) is 17.7 Å². The maximum absolute atomic E-state index is 14.6. The number of hydrogen-bond acceptors (Lipinski definition) is 6. The molecule has 1 aliphatic heterocycles. The summed E-state index contributed by atoms with van der Waals surface area (Å²) < 4.78 is 20.1. The standard InChI is InChI=1S/C23H31ClFN5O/c24-19-5-6-21(27-13-16-7-9-31-10-8-16)30-23(19)18-11-22(29-14-20(18)25)28-12-15-1-3-17(26)4-2-15/h5-6,11,14-17H,1-4,7-10,12-13,26H2,(H,27,30)(H,28,29). The van der Waals surface area contributed by atoms with Gasteiger partial charge in [0.2, 0.25) is 0 Å². The first-order valence-corrected chi connectivity index (χ1v) is 11.6. The van der Waals surface area contributed by atoms with Crippen LogP contribution in [0.5, 0.6) is 0 Å². The largest absolute Gasteiger partial charge is 0.381 e. The molecule has 2 aromatic heterocycles. The van der Waals surface area contributed by atoms with Gasteiger partial charge in [0.1, 0.15) is 11.6 Å². The number of anilines is 2. The van der Waals surface area contributed by atoms with Gasteiger partial charge in [-0.05, 0) is 68.6 Å². The van der Waals surface area contributed by atoms with E-state index in [1.165, 1.54) is 6.20 Å². The number of nitrogens with two attached hydrogens (primary N) is 1. The second-order valence-electron chi connectivity index (χ2n) is 8.67. The van der Waals surface area contributed by atoms with Crippen LogP contribution in [0.1, 0.15) is 38.5 Å². The third-order valence-electron chi connectivity index (χ3n) is 6.33. The van der Waals surface area contributed by atoms with Gasteiger partial charge in [0.25, 0.3) is 0 Å². The average molecular weight is 448 g/mol. The van der Waals surface area contributed by atoms with Gasteiger partial charge >= 0.3 is 0 Å². The number of hydrogen-bond donors (Lipinski definition) is 3. The molecular formula is C23H31ClFN5O. The highest BCUT2D eigenvalue weighted by atomic mass is 35.5. The van der Waals surface area contributed by atoms with Crippen molar-refractivity contribution in [3.05, 3.63) is 35.2 Å². The summed E-state index contributed by atoms with van der Waals surface area (Å²) in [4.78, 5) is 8.81. The van der Waals surface area contributed by atoms with Gasteiger partial charge in [0.15, 0.2) is 5.82 Å². The molecule has 31 heavy (non-hydrogen) atoms. The summed E-state index contributed by atoms with van der Waals surface area (Å²) in [5.74, 6) is 2.00. The van der Waals surface area contributed by atoms with Crippen molar-refractivity contribution in [1.82, 2.24) is 9.97 Å². The molecule has 168 valence electrons. The van der Waals surface area contributed by atoms with Gasteiger partial charge in [0, 0.05) is 37.9 Å². The fourth-order valence-electron chi connectivity index (χ4n) is 4.29. The molecule has 0 radical (unpaired) electrons. The fourth-order valence-corrected chi connectivity index (χ4v) is 4.49. The summed E-state index contributed by atoms with van der Waals surface area (Å²) in [7, 11) is 0. The maximum atomic E-state index is 14.6. The number of aromatic nitrogens is 2. The first kappa shape index (κ1) is 22.2. The van der Waals surface area contributed by atoms with Crippen LogP contribution in [0.3, 0.4) is 0 Å². The van der Waals surface area contributed by atoms with Gasteiger partial charge in [-0.1, -0.05) is 11.6 Å². The molecule has 1 saturated carbocycles. The van der Waals surface area contributed by atoms with Crippen molar-refractivity contribution >= 4 is 23.2 Å². The maximum Gasteiger partial charge on any atom is 0.151 e. The van der Waals surface area contributed by atoms with Crippen molar-refractivity contribution in [2.75, 3.05) is 36.9 Å². The first-order chi connectivity index (χ1) is 15.1.